The van der Waals surface area contributed by atoms with Crippen LogP contribution in [0.1, 0.15) is 10.4 Å². The number of rotatable bonds is 2. The minimum atomic E-state index is -0.606. The Labute approximate surface area is 111 Å². The zero-order chi connectivity index (χ0) is 13.1. The van der Waals surface area contributed by atoms with Crippen LogP contribution in [0.25, 0.3) is 0 Å². The second-order valence-corrected chi connectivity index (χ2v) is 4.39. The quantitative estimate of drug-likeness (QED) is 0.896. The van der Waals surface area contributed by atoms with Crippen molar-refractivity contribution < 1.29 is 9.18 Å². The van der Waals surface area contributed by atoms with Gasteiger partial charge < -0.3 is 11.1 Å². The SMILES string of the molecule is Nc1ccc(NC(=O)c2cccc(Br)c2F)nc1. The molecule has 0 aliphatic rings. The average Bonchev–Trinajstić information content (AvgIpc) is 2.35. The number of nitrogen functional groups attached to an aromatic ring is 1. The molecule has 0 atom stereocenters. The summed E-state index contributed by atoms with van der Waals surface area (Å²) < 4.78 is 13.9. The number of nitrogens with two attached hydrogens (primary N) is 1. The Morgan fingerprint density at radius 2 is 2.11 bits per heavy atom. The highest BCUT2D eigenvalue weighted by Crippen LogP contribution is 2.19. The van der Waals surface area contributed by atoms with Gasteiger partial charge in [-0.1, -0.05) is 6.07 Å². The largest absolute Gasteiger partial charge is 0.397 e. The molecule has 0 unspecified atom stereocenters. The molecular weight excluding hydrogens is 301 g/mol. The third-order valence-corrected chi connectivity index (χ3v) is 2.84. The molecule has 0 radical (unpaired) electrons. The number of hydrogen-bond acceptors (Lipinski definition) is 3. The number of nitrogens with zero attached hydrogens (tertiary/aromatic N) is 1. The normalized spacial score (nSPS) is 10.1. The van der Waals surface area contributed by atoms with E-state index in [1.54, 1.807) is 18.2 Å². The van der Waals surface area contributed by atoms with E-state index in [1.807, 2.05) is 0 Å². The fourth-order valence-corrected chi connectivity index (χ4v) is 1.71. The van der Waals surface area contributed by atoms with Gasteiger partial charge in [0.05, 0.1) is 21.9 Å². The number of anilines is 2. The van der Waals surface area contributed by atoms with Crippen LogP contribution in [0.4, 0.5) is 15.9 Å². The lowest BCUT2D eigenvalue weighted by Crippen LogP contribution is -2.14. The average molecular weight is 310 g/mol. The van der Waals surface area contributed by atoms with Crippen molar-refractivity contribution in [2.45, 2.75) is 0 Å². The van der Waals surface area contributed by atoms with Gasteiger partial charge in [0, 0.05) is 0 Å². The van der Waals surface area contributed by atoms with Crippen LogP contribution < -0.4 is 11.1 Å². The second kappa shape index (κ2) is 5.14. The molecule has 92 valence electrons. The predicted molar refractivity (Wildman–Crippen MR) is 70.7 cm³/mol. The van der Waals surface area contributed by atoms with Crippen molar-refractivity contribution in [2.75, 3.05) is 11.1 Å². The highest BCUT2D eigenvalue weighted by Gasteiger charge is 2.14. The summed E-state index contributed by atoms with van der Waals surface area (Å²) >= 11 is 3.02. The molecule has 1 amide bonds. The molecule has 4 nitrogen and oxygen atoms in total. The van der Waals surface area contributed by atoms with Gasteiger partial charge in [-0.25, -0.2) is 9.37 Å². The number of pyridine rings is 1. The molecule has 1 aromatic heterocycles. The molecular formula is C12H9BrFN3O. The summed E-state index contributed by atoms with van der Waals surface area (Å²) in [6, 6.07) is 7.64. The Hall–Kier alpha value is -1.95. The number of halogens is 2. The second-order valence-electron chi connectivity index (χ2n) is 3.53. The van der Waals surface area contributed by atoms with E-state index in [0.717, 1.165) is 0 Å². The van der Waals surface area contributed by atoms with Crippen molar-refractivity contribution in [1.29, 1.82) is 0 Å². The molecule has 0 fully saturated rings. The third-order valence-electron chi connectivity index (χ3n) is 2.22. The summed E-state index contributed by atoms with van der Waals surface area (Å²) in [6.45, 7) is 0. The Kier molecular flexibility index (Phi) is 3.57. The topological polar surface area (TPSA) is 68.0 Å². The summed E-state index contributed by atoms with van der Waals surface area (Å²) in [5, 5.41) is 2.49. The maximum Gasteiger partial charge on any atom is 0.259 e. The summed E-state index contributed by atoms with van der Waals surface area (Å²) in [5.74, 6) is -0.856. The predicted octanol–water partition coefficient (Wildman–Crippen LogP) is 2.82. The number of amides is 1. The maximum atomic E-state index is 13.7. The molecule has 0 saturated carbocycles. The fourth-order valence-electron chi connectivity index (χ4n) is 1.34. The van der Waals surface area contributed by atoms with Crippen LogP contribution in [0.2, 0.25) is 0 Å². The van der Waals surface area contributed by atoms with E-state index < -0.39 is 11.7 Å². The first kappa shape index (κ1) is 12.5. The van der Waals surface area contributed by atoms with Gasteiger partial charge >= 0.3 is 0 Å². The molecule has 2 rings (SSSR count). The van der Waals surface area contributed by atoms with Crippen molar-refractivity contribution in [3.8, 4) is 0 Å². The van der Waals surface area contributed by atoms with Crippen LogP contribution >= 0.6 is 15.9 Å². The smallest absolute Gasteiger partial charge is 0.259 e. The summed E-state index contributed by atoms with van der Waals surface area (Å²) in [7, 11) is 0. The Bertz CT molecular complexity index is 586. The minimum absolute atomic E-state index is 0.0528. The van der Waals surface area contributed by atoms with Gasteiger partial charge in [-0.15, -0.1) is 0 Å². The van der Waals surface area contributed by atoms with Gasteiger partial charge in [0.25, 0.3) is 5.91 Å². The minimum Gasteiger partial charge on any atom is -0.397 e. The molecule has 0 saturated heterocycles. The van der Waals surface area contributed by atoms with Crippen molar-refractivity contribution in [3.63, 3.8) is 0 Å². The van der Waals surface area contributed by atoms with Crippen molar-refractivity contribution >= 4 is 33.3 Å². The van der Waals surface area contributed by atoms with Gasteiger partial charge in [-0.05, 0) is 40.2 Å². The third kappa shape index (κ3) is 2.65. The summed E-state index contributed by atoms with van der Waals surface area (Å²) in [6.07, 6.45) is 1.41. The van der Waals surface area contributed by atoms with Crippen molar-refractivity contribution in [2.24, 2.45) is 0 Å². The van der Waals surface area contributed by atoms with Gasteiger partial charge in [-0.3, -0.25) is 4.79 Å². The van der Waals surface area contributed by atoms with Crippen LogP contribution in [0, 0.1) is 5.82 Å². The zero-order valence-electron chi connectivity index (χ0n) is 9.15. The Morgan fingerprint density at radius 1 is 1.33 bits per heavy atom. The summed E-state index contributed by atoms with van der Waals surface area (Å²) in [5.41, 5.74) is 5.91. The lowest BCUT2D eigenvalue weighted by Gasteiger charge is -2.06. The number of hydrogen-bond donors (Lipinski definition) is 2. The number of aromatic nitrogens is 1. The molecule has 18 heavy (non-hydrogen) atoms. The molecule has 0 bridgehead atoms. The molecule has 0 spiro atoms. The van der Waals surface area contributed by atoms with Gasteiger partial charge in [-0.2, -0.15) is 0 Å². The molecule has 6 heteroatoms. The first-order chi connectivity index (χ1) is 8.58. The number of nitrogens with one attached hydrogen (secondary N) is 1. The van der Waals surface area contributed by atoms with Crippen LogP contribution in [0.5, 0.6) is 0 Å². The fraction of sp³-hybridized carbons (Fsp3) is 0. The number of carbonyl (C=O) groups excluding carboxylic acids is 1. The first-order valence-electron chi connectivity index (χ1n) is 5.05. The first-order valence-corrected chi connectivity index (χ1v) is 5.84. The molecule has 3 N–H and O–H groups in total. The molecule has 0 aliphatic carbocycles. The molecule has 1 aromatic carbocycles. The Morgan fingerprint density at radius 3 is 2.78 bits per heavy atom. The molecule has 0 aliphatic heterocycles. The molecule has 2 aromatic rings. The maximum absolute atomic E-state index is 13.7. The molecule has 1 heterocycles. The van der Waals surface area contributed by atoms with E-state index in [4.69, 9.17) is 5.73 Å². The van der Waals surface area contributed by atoms with Gasteiger partial charge in [0.2, 0.25) is 0 Å². The highest BCUT2D eigenvalue weighted by atomic mass is 79.9. The van der Waals surface area contributed by atoms with E-state index >= 15 is 0 Å². The van der Waals surface area contributed by atoms with Crippen LogP contribution in [0.3, 0.4) is 0 Å². The summed E-state index contributed by atoms with van der Waals surface area (Å²) in [4.78, 5) is 15.7. The van der Waals surface area contributed by atoms with Crippen molar-refractivity contribution in [1.82, 2.24) is 4.98 Å². The van der Waals surface area contributed by atoms with E-state index in [1.165, 1.54) is 18.3 Å². The number of benzene rings is 1. The Balaban J connectivity index is 2.22. The standard InChI is InChI=1S/C12H9BrFN3O/c13-9-3-1-2-8(11(9)14)12(18)17-10-5-4-7(15)6-16-10/h1-6H,15H2,(H,16,17,18). The van der Waals surface area contributed by atoms with E-state index in [2.05, 4.69) is 26.2 Å². The highest BCUT2D eigenvalue weighted by molar-refractivity contribution is 9.10. The van der Waals surface area contributed by atoms with Gasteiger partial charge in [0.15, 0.2) is 0 Å². The van der Waals surface area contributed by atoms with Crippen LogP contribution in [-0.4, -0.2) is 10.9 Å². The van der Waals surface area contributed by atoms with Crippen LogP contribution in [-0.2, 0) is 0 Å². The van der Waals surface area contributed by atoms with E-state index in [9.17, 15) is 9.18 Å². The van der Waals surface area contributed by atoms with E-state index in [0.29, 0.717) is 11.5 Å². The lowest BCUT2D eigenvalue weighted by atomic mass is 10.2. The van der Waals surface area contributed by atoms with Gasteiger partial charge in [0.1, 0.15) is 11.6 Å². The zero-order valence-corrected chi connectivity index (χ0v) is 10.7. The number of carbonyl (C=O) groups is 1. The van der Waals surface area contributed by atoms with E-state index in [-0.39, 0.29) is 10.0 Å². The monoisotopic (exact) mass is 309 g/mol. The lowest BCUT2D eigenvalue weighted by molar-refractivity contribution is 0.102. The van der Waals surface area contributed by atoms with Crippen LogP contribution in [0.15, 0.2) is 41.0 Å². The van der Waals surface area contributed by atoms with Crippen molar-refractivity contribution in [3.05, 3.63) is 52.4 Å².